The molecule has 1 aromatic heterocycles. The number of amides is 1. The molecule has 1 aliphatic rings. The number of aromatic nitrogens is 2. The first kappa shape index (κ1) is 44.0. The predicted molar refractivity (Wildman–Crippen MR) is 219 cm³/mol. The molecule has 1 N–H and O–H groups in total. The van der Waals surface area contributed by atoms with Crippen LogP contribution in [0.25, 0.3) is 10.8 Å². The Labute approximate surface area is 341 Å². The highest BCUT2D eigenvalue weighted by molar-refractivity contribution is 5.98. The molecule has 1 unspecified atom stereocenters. The number of non-ortho nitro benzene ring substituents is 1. The van der Waals surface area contributed by atoms with Gasteiger partial charge in [-0.15, -0.1) is 5.11 Å². The number of likely N-dealkylation sites (N-methyl/N-ethyl adjacent to an activating group) is 1. The Hall–Kier alpha value is -6.11. The van der Waals surface area contributed by atoms with Crippen molar-refractivity contribution in [2.75, 3.05) is 45.0 Å². The molecule has 5 rings (SSSR count). The van der Waals surface area contributed by atoms with E-state index in [1.807, 2.05) is 51.1 Å². The highest BCUT2D eigenvalue weighted by Crippen LogP contribution is 2.36. The number of nitrogens with one attached hydrogen (secondary N) is 1. The molecule has 0 saturated carbocycles. The van der Waals surface area contributed by atoms with Crippen LogP contribution < -0.4 is 15.9 Å². The van der Waals surface area contributed by atoms with Gasteiger partial charge in [0.1, 0.15) is 19.5 Å². The Morgan fingerprint density at radius 2 is 1.75 bits per heavy atom. The molecule has 4 aromatic rings. The monoisotopic (exact) mass is 814 g/mol. The van der Waals surface area contributed by atoms with E-state index in [4.69, 9.17) is 23.8 Å². The van der Waals surface area contributed by atoms with E-state index >= 15 is 0 Å². The molecule has 1 fully saturated rings. The van der Waals surface area contributed by atoms with E-state index in [0.29, 0.717) is 59.5 Å². The minimum atomic E-state index is -0.931. The van der Waals surface area contributed by atoms with Gasteiger partial charge in [0.25, 0.3) is 5.69 Å². The Balaban J connectivity index is 1.09. The summed E-state index contributed by atoms with van der Waals surface area (Å²) in [6, 6.07) is 19.3. The fourth-order valence-corrected chi connectivity index (χ4v) is 6.41. The van der Waals surface area contributed by atoms with E-state index < -0.39 is 41.1 Å². The van der Waals surface area contributed by atoms with Crippen LogP contribution in [0.2, 0.25) is 0 Å². The molecule has 314 valence electrons. The molecule has 0 spiro atoms. The highest BCUT2D eigenvalue weighted by atomic mass is 16.7. The number of carbonyl (C=O) groups excluding carboxylic acids is 2. The third kappa shape index (κ3) is 12.0. The second-order valence-corrected chi connectivity index (χ2v) is 13.6. The number of hydrogen-bond acceptors (Lipinski definition) is 15. The van der Waals surface area contributed by atoms with E-state index in [-0.39, 0.29) is 37.8 Å². The zero-order chi connectivity index (χ0) is 42.3. The zero-order valence-electron chi connectivity index (χ0n) is 33.8. The number of ether oxygens (including phenoxy) is 4. The van der Waals surface area contributed by atoms with Crippen LogP contribution >= 0.6 is 0 Å². The number of esters is 1. The maximum Gasteiger partial charge on any atom is 0.349 e. The van der Waals surface area contributed by atoms with E-state index in [1.54, 1.807) is 43.5 Å². The molecule has 0 bridgehead atoms. The summed E-state index contributed by atoms with van der Waals surface area (Å²) < 4.78 is 25.1. The first-order chi connectivity index (χ1) is 28.5. The van der Waals surface area contributed by atoms with E-state index in [0.717, 1.165) is 12.2 Å². The Morgan fingerprint density at radius 3 is 2.44 bits per heavy atom. The topological polar surface area (TPSA) is 211 Å². The van der Waals surface area contributed by atoms with Crippen molar-refractivity contribution in [3.63, 3.8) is 0 Å². The van der Waals surface area contributed by atoms with E-state index in [1.165, 1.54) is 17.7 Å². The largest absolute Gasteiger partial charge is 0.457 e. The summed E-state index contributed by atoms with van der Waals surface area (Å²) in [4.78, 5) is 60.0. The van der Waals surface area contributed by atoms with Crippen molar-refractivity contribution in [1.29, 1.82) is 0 Å². The summed E-state index contributed by atoms with van der Waals surface area (Å²) in [5, 5.41) is 28.0. The van der Waals surface area contributed by atoms with Crippen LogP contribution in [0.3, 0.4) is 0 Å². The van der Waals surface area contributed by atoms with Gasteiger partial charge in [-0.2, -0.15) is 10.1 Å². The third-order valence-electron chi connectivity index (χ3n) is 9.60. The highest BCUT2D eigenvalue weighted by Gasteiger charge is 2.48. The zero-order valence-corrected chi connectivity index (χ0v) is 33.8. The first-order valence-corrected chi connectivity index (χ1v) is 19.4. The number of benzene rings is 3. The maximum absolute atomic E-state index is 12.8. The summed E-state index contributed by atoms with van der Waals surface area (Å²) in [7, 11) is 1.49. The van der Waals surface area contributed by atoms with Crippen molar-refractivity contribution >= 4 is 51.1 Å². The number of nitrogens with zero attached hydrogens (tertiary/aromatic N) is 7. The standard InChI is InChI=1S/C41H50N8O10/c1-6-35-38(59-37(51)19-18-36(50)42-5)39(40(58-35)48-22-20-27(3)43-41(48)52)56-26-55-24-21-28(4)46-57-25-23-47(7-2)30-14-12-29(13-15-30)44-45-33-16-17-34(49(53)54)32-11-9-8-10-31(32)33/h8-17,20,22,35,38-40H,6-7,18-19,21,23-26H2,1-5H3,(H,42,50)/b45-44-,46-28+/t35-,38?,39+,40-/m1/s1. The van der Waals surface area contributed by atoms with Gasteiger partial charge >= 0.3 is 11.7 Å². The van der Waals surface area contributed by atoms with Gasteiger partial charge < -0.3 is 34.0 Å². The molecular weight excluding hydrogens is 764 g/mol. The second-order valence-electron chi connectivity index (χ2n) is 13.6. The van der Waals surface area contributed by atoms with Gasteiger partial charge in [-0.1, -0.05) is 30.3 Å². The van der Waals surface area contributed by atoms with Crippen molar-refractivity contribution in [1.82, 2.24) is 14.9 Å². The average Bonchev–Trinajstić information content (AvgIpc) is 3.57. The van der Waals surface area contributed by atoms with Crippen molar-refractivity contribution in [2.45, 2.75) is 77.9 Å². The molecule has 1 saturated heterocycles. The number of azo groups is 1. The van der Waals surface area contributed by atoms with E-state index in [2.05, 4.69) is 30.6 Å². The molecule has 2 heterocycles. The minimum absolute atomic E-state index is 0.0201. The lowest BCUT2D eigenvalue weighted by Gasteiger charge is -2.25. The van der Waals surface area contributed by atoms with Crippen LogP contribution in [0.15, 0.2) is 93.1 Å². The van der Waals surface area contributed by atoms with Crippen LogP contribution in [0.5, 0.6) is 0 Å². The number of aryl methyl sites for hydroxylation is 1. The summed E-state index contributed by atoms with van der Waals surface area (Å²) in [5.41, 5.74) is 2.87. The van der Waals surface area contributed by atoms with Crippen molar-refractivity contribution in [2.24, 2.45) is 15.4 Å². The number of carbonyl (C=O) groups is 2. The quantitative estimate of drug-likeness (QED) is 0.0183. The van der Waals surface area contributed by atoms with Crippen LogP contribution in [-0.4, -0.2) is 90.5 Å². The number of rotatable bonds is 21. The first-order valence-electron chi connectivity index (χ1n) is 19.4. The molecule has 0 aliphatic carbocycles. The summed E-state index contributed by atoms with van der Waals surface area (Å²) in [6.07, 6.45) is -0.942. The van der Waals surface area contributed by atoms with Crippen LogP contribution in [0.4, 0.5) is 22.7 Å². The van der Waals surface area contributed by atoms with Crippen molar-refractivity contribution in [3.8, 4) is 0 Å². The number of nitro groups is 1. The predicted octanol–water partition coefficient (Wildman–Crippen LogP) is 6.44. The van der Waals surface area contributed by atoms with Crippen LogP contribution in [0.1, 0.15) is 58.4 Å². The molecule has 1 amide bonds. The Morgan fingerprint density at radius 1 is 0.983 bits per heavy atom. The maximum atomic E-state index is 12.8. The SMILES string of the molecule is CC[C@H]1O[C@@H](n2ccc(C)nc2=O)[C@@H](OCOCC/C(C)=N/OCCN(CC)c2ccc(/N=N\c3ccc([N+](=O)[O-])c4ccccc34)cc2)C1OC(=O)CCC(=O)NC. The summed E-state index contributed by atoms with van der Waals surface area (Å²) in [5.74, 6) is -0.881. The second kappa shape index (κ2) is 21.6. The minimum Gasteiger partial charge on any atom is -0.457 e. The number of fused-ring (bicyclic) bond motifs is 1. The Kier molecular flexibility index (Phi) is 16.1. The number of anilines is 1. The fourth-order valence-electron chi connectivity index (χ4n) is 6.41. The van der Waals surface area contributed by atoms with Gasteiger partial charge in [-0.25, -0.2) is 4.79 Å². The van der Waals surface area contributed by atoms with Crippen molar-refractivity contribution in [3.05, 3.63) is 99.2 Å². The molecule has 59 heavy (non-hydrogen) atoms. The third-order valence-corrected chi connectivity index (χ3v) is 9.60. The van der Waals surface area contributed by atoms with Gasteiger partial charge in [0, 0.05) is 55.5 Å². The number of oxime groups is 1. The number of nitro benzene ring substituents is 1. The molecule has 18 nitrogen and oxygen atoms in total. The molecule has 18 heteroatoms. The van der Waals surface area contributed by atoms with Gasteiger partial charge in [0.05, 0.1) is 53.1 Å². The van der Waals surface area contributed by atoms with Crippen LogP contribution in [-0.2, 0) is 33.4 Å². The van der Waals surface area contributed by atoms with E-state index in [9.17, 15) is 24.5 Å². The normalized spacial score (nSPS) is 17.9. The fraction of sp³-hybridized carbons (Fsp3) is 0.439. The smallest absolute Gasteiger partial charge is 0.349 e. The molecular formula is C41H50N8O10. The molecule has 1 aliphatic heterocycles. The molecule has 0 radical (unpaired) electrons. The van der Waals surface area contributed by atoms with Gasteiger partial charge in [0.2, 0.25) is 5.91 Å². The lowest BCUT2D eigenvalue weighted by molar-refractivity contribution is -0.383. The summed E-state index contributed by atoms with van der Waals surface area (Å²) in [6.45, 7) is 9.15. The van der Waals surface area contributed by atoms with Crippen molar-refractivity contribution < 1.29 is 38.3 Å². The Bertz CT molecular complexity index is 2180. The van der Waals surface area contributed by atoms with Gasteiger partial charge in [-0.05, 0) is 69.7 Å². The number of hydrogen-bond donors (Lipinski definition) is 1. The van der Waals surface area contributed by atoms with Crippen LogP contribution in [0, 0.1) is 17.0 Å². The lowest BCUT2D eigenvalue weighted by atomic mass is 10.1. The lowest BCUT2D eigenvalue weighted by Crippen LogP contribution is -2.40. The summed E-state index contributed by atoms with van der Waals surface area (Å²) >= 11 is 0. The van der Waals surface area contributed by atoms with Gasteiger partial charge in [-0.3, -0.25) is 24.3 Å². The van der Waals surface area contributed by atoms with Gasteiger partial charge in [0.15, 0.2) is 12.3 Å². The molecule has 3 aromatic carbocycles. The average molecular weight is 815 g/mol. The molecule has 4 atom stereocenters.